The molecule has 1 rings (SSSR count). The van der Waals surface area contributed by atoms with Crippen molar-refractivity contribution in [1.29, 1.82) is 0 Å². The third-order valence-corrected chi connectivity index (χ3v) is 2.00. The van der Waals surface area contributed by atoms with Gasteiger partial charge in [-0.05, 0) is 13.3 Å². The monoisotopic (exact) mass is 168 g/mol. The van der Waals surface area contributed by atoms with Crippen molar-refractivity contribution in [3.05, 3.63) is 11.6 Å². The van der Waals surface area contributed by atoms with Gasteiger partial charge in [0, 0.05) is 5.92 Å². The van der Waals surface area contributed by atoms with Gasteiger partial charge in [0.25, 0.3) is 0 Å². The van der Waals surface area contributed by atoms with Gasteiger partial charge in [-0.2, -0.15) is 5.10 Å². The van der Waals surface area contributed by atoms with Gasteiger partial charge in [-0.25, -0.2) is 4.98 Å². The highest BCUT2D eigenvalue weighted by atomic mass is 15.2. The second-order valence-electron chi connectivity index (χ2n) is 3.18. The summed E-state index contributed by atoms with van der Waals surface area (Å²) >= 11 is 0. The van der Waals surface area contributed by atoms with Crippen molar-refractivity contribution in [2.45, 2.75) is 39.2 Å². The van der Waals surface area contributed by atoms with Gasteiger partial charge < -0.3 is 5.73 Å². The van der Waals surface area contributed by atoms with Crippen LogP contribution < -0.4 is 5.73 Å². The molecule has 2 atom stereocenters. The molecule has 0 spiro atoms. The largest absolute Gasteiger partial charge is 0.322 e. The molecule has 1 heterocycles. The highest BCUT2D eigenvalue weighted by Crippen LogP contribution is 2.14. The Morgan fingerprint density at radius 3 is 2.58 bits per heavy atom. The molecule has 0 radical (unpaired) electrons. The maximum atomic E-state index is 5.63. The minimum absolute atomic E-state index is 0.0599. The molecule has 0 unspecified atom stereocenters. The number of aromatic amines is 1. The molecule has 3 N–H and O–H groups in total. The number of aromatic nitrogens is 3. The zero-order chi connectivity index (χ0) is 9.14. The highest BCUT2D eigenvalue weighted by Gasteiger charge is 2.11. The number of H-pyrrole nitrogens is 1. The summed E-state index contributed by atoms with van der Waals surface area (Å²) in [6, 6.07) is -0.0599. The van der Waals surface area contributed by atoms with Crippen molar-refractivity contribution < 1.29 is 0 Å². The maximum Gasteiger partial charge on any atom is 0.153 e. The van der Waals surface area contributed by atoms with E-state index in [1.807, 2.05) is 6.92 Å². The average molecular weight is 168 g/mol. The summed E-state index contributed by atoms with van der Waals surface area (Å²) in [5, 5.41) is 6.93. The molecule has 4 heteroatoms. The summed E-state index contributed by atoms with van der Waals surface area (Å²) in [7, 11) is 0. The van der Waals surface area contributed by atoms with E-state index in [0.29, 0.717) is 5.92 Å². The fraction of sp³-hybridized carbons (Fsp3) is 0.750. The van der Waals surface area contributed by atoms with Gasteiger partial charge in [-0.15, -0.1) is 0 Å². The first-order chi connectivity index (χ1) is 5.65. The number of nitrogens with zero attached hydrogens (tertiary/aromatic N) is 2. The van der Waals surface area contributed by atoms with E-state index in [1.165, 1.54) is 0 Å². The van der Waals surface area contributed by atoms with Crippen LogP contribution in [0.2, 0.25) is 0 Å². The Hall–Kier alpha value is -0.900. The fourth-order valence-corrected chi connectivity index (χ4v) is 0.895. The number of hydrogen-bond donors (Lipinski definition) is 2. The molecule has 0 bridgehead atoms. The Bertz CT molecular complexity index is 241. The van der Waals surface area contributed by atoms with E-state index < -0.39 is 0 Å². The molecule has 0 saturated carbocycles. The summed E-state index contributed by atoms with van der Waals surface area (Å²) in [6.45, 7) is 6.11. The molecular formula is C8H16N4. The molecule has 4 nitrogen and oxygen atoms in total. The van der Waals surface area contributed by atoms with Crippen LogP contribution >= 0.6 is 0 Å². The van der Waals surface area contributed by atoms with Crippen LogP contribution in [0.15, 0.2) is 0 Å². The summed E-state index contributed by atoms with van der Waals surface area (Å²) < 4.78 is 0. The predicted molar refractivity (Wildman–Crippen MR) is 47.7 cm³/mol. The fourth-order valence-electron chi connectivity index (χ4n) is 0.895. The minimum atomic E-state index is -0.0599. The molecule has 0 aromatic carbocycles. The number of rotatable bonds is 3. The van der Waals surface area contributed by atoms with Crippen molar-refractivity contribution in [2.24, 2.45) is 5.73 Å². The SMILES string of the molecule is CC[C@H](C)c1n[nH]c([C@H](C)N)n1. The third kappa shape index (κ3) is 1.82. The van der Waals surface area contributed by atoms with E-state index in [2.05, 4.69) is 29.0 Å². The molecule has 12 heavy (non-hydrogen) atoms. The lowest BCUT2D eigenvalue weighted by atomic mass is 10.1. The molecule has 0 saturated heterocycles. The van der Waals surface area contributed by atoms with Crippen LogP contribution in [0.4, 0.5) is 0 Å². The zero-order valence-electron chi connectivity index (χ0n) is 7.83. The molecule has 0 aliphatic heterocycles. The van der Waals surface area contributed by atoms with Crippen LogP contribution in [0.1, 0.15) is 50.8 Å². The maximum absolute atomic E-state index is 5.63. The molecule has 0 amide bonds. The predicted octanol–water partition coefficient (Wildman–Crippen LogP) is 1.34. The standard InChI is InChI=1S/C8H16N4/c1-4-5(2)7-10-8(6(3)9)12-11-7/h5-6H,4,9H2,1-3H3,(H,10,11,12)/t5-,6-/m0/s1. The Labute approximate surface area is 72.6 Å². The van der Waals surface area contributed by atoms with Gasteiger partial charge in [0.15, 0.2) is 5.82 Å². The van der Waals surface area contributed by atoms with E-state index in [0.717, 1.165) is 18.1 Å². The molecule has 1 aromatic heterocycles. The van der Waals surface area contributed by atoms with Crippen molar-refractivity contribution in [3.63, 3.8) is 0 Å². The highest BCUT2D eigenvalue weighted by molar-refractivity contribution is 4.98. The van der Waals surface area contributed by atoms with Crippen LogP contribution in [-0.2, 0) is 0 Å². The second kappa shape index (κ2) is 3.67. The van der Waals surface area contributed by atoms with Crippen LogP contribution in [0.5, 0.6) is 0 Å². The van der Waals surface area contributed by atoms with E-state index in [9.17, 15) is 0 Å². The van der Waals surface area contributed by atoms with Crippen LogP contribution in [0.3, 0.4) is 0 Å². The van der Waals surface area contributed by atoms with Crippen LogP contribution in [0.25, 0.3) is 0 Å². The van der Waals surface area contributed by atoms with Gasteiger partial charge in [0.05, 0.1) is 6.04 Å². The number of hydrogen-bond acceptors (Lipinski definition) is 3. The molecule has 0 aliphatic carbocycles. The van der Waals surface area contributed by atoms with Gasteiger partial charge in [-0.3, -0.25) is 5.10 Å². The number of nitrogens with two attached hydrogens (primary N) is 1. The quantitative estimate of drug-likeness (QED) is 0.715. The molecule has 68 valence electrons. The van der Waals surface area contributed by atoms with Crippen molar-refractivity contribution >= 4 is 0 Å². The van der Waals surface area contributed by atoms with Gasteiger partial charge in [-0.1, -0.05) is 13.8 Å². The molecule has 1 aromatic rings. The molecule has 0 fully saturated rings. The normalized spacial score (nSPS) is 16.0. The van der Waals surface area contributed by atoms with Crippen molar-refractivity contribution in [1.82, 2.24) is 15.2 Å². The lowest BCUT2D eigenvalue weighted by Gasteiger charge is -2.00. The first-order valence-corrected chi connectivity index (χ1v) is 4.33. The first kappa shape index (κ1) is 9.19. The number of nitrogens with one attached hydrogen (secondary N) is 1. The smallest absolute Gasteiger partial charge is 0.153 e. The lowest BCUT2D eigenvalue weighted by Crippen LogP contribution is -2.07. The van der Waals surface area contributed by atoms with Gasteiger partial charge >= 0.3 is 0 Å². The summed E-state index contributed by atoms with van der Waals surface area (Å²) in [6.07, 6.45) is 1.05. The van der Waals surface area contributed by atoms with Crippen LogP contribution in [-0.4, -0.2) is 15.2 Å². The second-order valence-corrected chi connectivity index (χ2v) is 3.18. The lowest BCUT2D eigenvalue weighted by molar-refractivity contribution is 0.680. The Balaban J connectivity index is 2.77. The summed E-state index contributed by atoms with van der Waals surface area (Å²) in [5.74, 6) is 2.05. The van der Waals surface area contributed by atoms with Gasteiger partial charge in [0.1, 0.15) is 5.82 Å². The first-order valence-electron chi connectivity index (χ1n) is 4.33. The zero-order valence-corrected chi connectivity index (χ0v) is 7.83. The van der Waals surface area contributed by atoms with Gasteiger partial charge in [0.2, 0.25) is 0 Å². The third-order valence-electron chi connectivity index (χ3n) is 2.00. The Morgan fingerprint density at radius 2 is 2.17 bits per heavy atom. The van der Waals surface area contributed by atoms with Crippen molar-refractivity contribution in [3.8, 4) is 0 Å². The van der Waals surface area contributed by atoms with E-state index in [4.69, 9.17) is 5.73 Å². The van der Waals surface area contributed by atoms with Crippen LogP contribution in [0, 0.1) is 0 Å². The topological polar surface area (TPSA) is 67.6 Å². The average Bonchev–Trinajstić information content (AvgIpc) is 2.51. The summed E-state index contributed by atoms with van der Waals surface area (Å²) in [4.78, 5) is 4.29. The van der Waals surface area contributed by atoms with Crippen molar-refractivity contribution in [2.75, 3.05) is 0 Å². The van der Waals surface area contributed by atoms with E-state index in [1.54, 1.807) is 0 Å². The molecular weight excluding hydrogens is 152 g/mol. The summed E-state index contributed by atoms with van der Waals surface area (Å²) in [5.41, 5.74) is 5.63. The Morgan fingerprint density at radius 1 is 1.50 bits per heavy atom. The minimum Gasteiger partial charge on any atom is -0.322 e. The molecule has 0 aliphatic rings. The van der Waals surface area contributed by atoms with E-state index in [-0.39, 0.29) is 6.04 Å². The van der Waals surface area contributed by atoms with E-state index >= 15 is 0 Å². The Kier molecular flexibility index (Phi) is 2.81.